The Kier molecular flexibility index (Phi) is 4.50. The second-order valence-corrected chi connectivity index (χ2v) is 8.18. The van der Waals surface area contributed by atoms with Crippen LogP contribution in [0.4, 0.5) is 0 Å². The number of nitrogens with one attached hydrogen (secondary N) is 1. The molecule has 0 spiro atoms. The molecule has 0 saturated carbocycles. The van der Waals surface area contributed by atoms with Gasteiger partial charge >= 0.3 is 0 Å². The molecule has 0 fully saturated rings. The number of nitrogens with zero attached hydrogens (tertiary/aromatic N) is 2. The number of aryl methyl sites for hydroxylation is 3. The molecule has 1 aromatic carbocycles. The molecule has 0 atom stereocenters. The van der Waals surface area contributed by atoms with Crippen LogP contribution in [0.3, 0.4) is 0 Å². The van der Waals surface area contributed by atoms with Crippen molar-refractivity contribution in [1.29, 1.82) is 0 Å². The third-order valence-electron chi connectivity index (χ3n) is 4.55. The molecular weight excluding hydrogens is 393 g/mol. The highest BCUT2D eigenvalue weighted by atomic mass is 35.5. The smallest absolute Gasteiger partial charge is 0.267 e. The molecule has 1 aliphatic rings. The van der Waals surface area contributed by atoms with E-state index in [1.54, 1.807) is 24.3 Å². The number of thiophene rings is 1. The molecule has 134 valence electrons. The topological polar surface area (TPSA) is 64.0 Å². The number of fused-ring (bicyclic) bond motifs is 3. The van der Waals surface area contributed by atoms with E-state index in [9.17, 15) is 9.59 Å². The van der Waals surface area contributed by atoms with Crippen LogP contribution in [0.5, 0.6) is 0 Å². The minimum Gasteiger partial charge on any atom is -0.267 e. The number of halogens is 2. The van der Waals surface area contributed by atoms with E-state index in [0.29, 0.717) is 16.2 Å². The Bertz CT molecular complexity index is 1100. The SMILES string of the molecule is Cc1nc2sc3c(c2c(=O)n1NC(=O)c1ccc(Cl)cc1Cl)CCCC3. The van der Waals surface area contributed by atoms with E-state index in [4.69, 9.17) is 23.2 Å². The van der Waals surface area contributed by atoms with Gasteiger partial charge in [0, 0.05) is 9.90 Å². The molecule has 0 saturated heterocycles. The molecule has 4 rings (SSSR count). The average molecular weight is 408 g/mol. The number of carbonyl (C=O) groups is 1. The van der Waals surface area contributed by atoms with E-state index in [-0.39, 0.29) is 16.1 Å². The van der Waals surface area contributed by atoms with Crippen molar-refractivity contribution in [2.45, 2.75) is 32.6 Å². The summed E-state index contributed by atoms with van der Waals surface area (Å²) < 4.78 is 1.21. The summed E-state index contributed by atoms with van der Waals surface area (Å²) in [6.45, 7) is 1.70. The standard InChI is InChI=1S/C18H15Cl2N3O2S/c1-9-21-17-15(12-4-2-3-5-14(12)26-17)18(25)23(9)22-16(24)11-7-6-10(19)8-13(11)20/h6-8H,2-5H2,1H3,(H,22,24). The molecular formula is C18H15Cl2N3O2S. The van der Waals surface area contributed by atoms with Gasteiger partial charge in [-0.25, -0.2) is 9.66 Å². The van der Waals surface area contributed by atoms with Crippen molar-refractivity contribution in [2.24, 2.45) is 0 Å². The zero-order chi connectivity index (χ0) is 18.4. The van der Waals surface area contributed by atoms with Gasteiger partial charge in [0.1, 0.15) is 10.7 Å². The number of benzene rings is 1. The lowest BCUT2D eigenvalue weighted by Crippen LogP contribution is -2.35. The molecule has 26 heavy (non-hydrogen) atoms. The first-order chi connectivity index (χ1) is 12.5. The molecule has 1 N–H and O–H groups in total. The lowest BCUT2D eigenvalue weighted by Gasteiger charge is -2.13. The minimum absolute atomic E-state index is 0.225. The molecule has 0 aliphatic heterocycles. The molecule has 2 aromatic heterocycles. The fraction of sp³-hybridized carbons (Fsp3) is 0.278. The molecule has 0 radical (unpaired) electrons. The van der Waals surface area contributed by atoms with Crippen LogP contribution in [0.1, 0.15) is 39.5 Å². The van der Waals surface area contributed by atoms with Crippen LogP contribution in [-0.4, -0.2) is 15.6 Å². The van der Waals surface area contributed by atoms with Crippen molar-refractivity contribution >= 4 is 50.7 Å². The summed E-state index contributed by atoms with van der Waals surface area (Å²) in [5, 5.41) is 1.29. The van der Waals surface area contributed by atoms with Crippen molar-refractivity contribution in [3.63, 3.8) is 0 Å². The summed E-state index contributed by atoms with van der Waals surface area (Å²) in [6, 6.07) is 4.60. The van der Waals surface area contributed by atoms with Gasteiger partial charge in [0.05, 0.1) is 16.0 Å². The Morgan fingerprint density at radius 2 is 2.04 bits per heavy atom. The number of hydrogen-bond acceptors (Lipinski definition) is 4. The van der Waals surface area contributed by atoms with Gasteiger partial charge < -0.3 is 0 Å². The first-order valence-corrected chi connectivity index (χ1v) is 9.83. The second kappa shape index (κ2) is 6.68. The van der Waals surface area contributed by atoms with Crippen molar-refractivity contribution in [1.82, 2.24) is 9.66 Å². The zero-order valence-corrected chi connectivity index (χ0v) is 16.3. The van der Waals surface area contributed by atoms with E-state index >= 15 is 0 Å². The number of hydrogen-bond donors (Lipinski definition) is 1. The predicted octanol–water partition coefficient (Wildman–Crippen LogP) is 4.34. The summed E-state index contributed by atoms with van der Waals surface area (Å²) in [4.78, 5) is 32.2. The van der Waals surface area contributed by atoms with Crippen LogP contribution in [0.2, 0.25) is 10.0 Å². The Morgan fingerprint density at radius 3 is 2.81 bits per heavy atom. The maximum Gasteiger partial charge on any atom is 0.281 e. The molecule has 0 bridgehead atoms. The number of rotatable bonds is 2. The average Bonchev–Trinajstić information content (AvgIpc) is 2.96. The summed E-state index contributed by atoms with van der Waals surface area (Å²) in [7, 11) is 0. The minimum atomic E-state index is -0.484. The lowest BCUT2D eigenvalue weighted by molar-refractivity contribution is 0.101. The van der Waals surface area contributed by atoms with Crippen LogP contribution >= 0.6 is 34.5 Å². The molecule has 2 heterocycles. The monoisotopic (exact) mass is 407 g/mol. The van der Waals surface area contributed by atoms with Crippen LogP contribution < -0.4 is 11.0 Å². The summed E-state index contributed by atoms with van der Waals surface area (Å²) >= 11 is 13.6. The quantitative estimate of drug-likeness (QED) is 0.686. The van der Waals surface area contributed by atoms with Crippen molar-refractivity contribution in [3.05, 3.63) is 60.4 Å². The van der Waals surface area contributed by atoms with Gasteiger partial charge in [-0.15, -0.1) is 11.3 Å². The van der Waals surface area contributed by atoms with Gasteiger partial charge in [-0.3, -0.25) is 15.0 Å². The van der Waals surface area contributed by atoms with Crippen LogP contribution in [0.25, 0.3) is 10.2 Å². The van der Waals surface area contributed by atoms with E-state index in [0.717, 1.165) is 36.1 Å². The Morgan fingerprint density at radius 1 is 1.27 bits per heavy atom. The summed E-state index contributed by atoms with van der Waals surface area (Å²) in [6.07, 6.45) is 4.07. The highest BCUT2D eigenvalue weighted by Crippen LogP contribution is 2.33. The predicted molar refractivity (Wildman–Crippen MR) is 105 cm³/mol. The molecule has 8 heteroatoms. The fourth-order valence-corrected chi connectivity index (χ4v) is 5.07. The Hall–Kier alpha value is -1.89. The van der Waals surface area contributed by atoms with Gasteiger partial charge in [0.15, 0.2) is 0 Å². The van der Waals surface area contributed by atoms with Crippen molar-refractivity contribution < 1.29 is 4.79 Å². The van der Waals surface area contributed by atoms with Gasteiger partial charge in [0.25, 0.3) is 11.5 Å². The summed E-state index contributed by atoms with van der Waals surface area (Å²) in [5.74, 6) is -0.0540. The highest BCUT2D eigenvalue weighted by molar-refractivity contribution is 7.18. The van der Waals surface area contributed by atoms with Crippen LogP contribution in [0.15, 0.2) is 23.0 Å². The van der Waals surface area contributed by atoms with Gasteiger partial charge in [-0.1, -0.05) is 23.2 Å². The van der Waals surface area contributed by atoms with Crippen molar-refractivity contribution in [2.75, 3.05) is 5.43 Å². The summed E-state index contributed by atoms with van der Waals surface area (Å²) in [5.41, 5.74) is 3.71. The first-order valence-electron chi connectivity index (χ1n) is 8.26. The van der Waals surface area contributed by atoms with Crippen LogP contribution in [-0.2, 0) is 12.8 Å². The molecule has 3 aromatic rings. The largest absolute Gasteiger partial charge is 0.281 e. The maximum atomic E-state index is 13.0. The van der Waals surface area contributed by atoms with E-state index < -0.39 is 5.91 Å². The number of amides is 1. The number of carbonyl (C=O) groups excluding carboxylic acids is 1. The van der Waals surface area contributed by atoms with E-state index in [1.165, 1.54) is 21.7 Å². The third-order valence-corrected chi connectivity index (χ3v) is 6.28. The third kappa shape index (κ3) is 2.92. The van der Waals surface area contributed by atoms with Crippen molar-refractivity contribution in [3.8, 4) is 0 Å². The second-order valence-electron chi connectivity index (χ2n) is 6.26. The fourth-order valence-electron chi connectivity index (χ4n) is 3.27. The van der Waals surface area contributed by atoms with Gasteiger partial charge in [0.2, 0.25) is 0 Å². The molecule has 1 aliphatic carbocycles. The highest BCUT2D eigenvalue weighted by Gasteiger charge is 2.22. The molecule has 1 amide bonds. The van der Waals surface area contributed by atoms with E-state index in [1.807, 2.05) is 0 Å². The zero-order valence-electron chi connectivity index (χ0n) is 13.9. The van der Waals surface area contributed by atoms with Gasteiger partial charge in [-0.05, 0) is 56.4 Å². The first kappa shape index (κ1) is 17.5. The number of aromatic nitrogens is 2. The van der Waals surface area contributed by atoms with Crippen LogP contribution in [0, 0.1) is 6.92 Å². The Labute approximate surface area is 163 Å². The van der Waals surface area contributed by atoms with Gasteiger partial charge in [-0.2, -0.15) is 0 Å². The maximum absolute atomic E-state index is 13.0. The lowest BCUT2D eigenvalue weighted by atomic mass is 9.97. The van der Waals surface area contributed by atoms with E-state index in [2.05, 4.69) is 10.4 Å². The normalized spacial score (nSPS) is 13.7. The molecule has 5 nitrogen and oxygen atoms in total. The molecule has 0 unspecified atom stereocenters. The Balaban J connectivity index is 1.79.